The maximum atomic E-state index is 12.8. The van der Waals surface area contributed by atoms with E-state index in [0.29, 0.717) is 30.0 Å². The first-order valence-corrected chi connectivity index (χ1v) is 9.80. The number of fused-ring (bicyclic) bond motifs is 1. The normalized spacial score (nSPS) is 19.5. The second-order valence-corrected chi connectivity index (χ2v) is 7.48. The Kier molecular flexibility index (Phi) is 4.99. The lowest BCUT2D eigenvalue weighted by atomic mass is 9.93. The summed E-state index contributed by atoms with van der Waals surface area (Å²) in [7, 11) is -3.89. The Hall–Kier alpha value is -2.42. The summed E-state index contributed by atoms with van der Waals surface area (Å²) in [5.74, 6) is -1.33. The van der Waals surface area contributed by atoms with Crippen LogP contribution in [0.1, 0.15) is 22.3 Å². The number of rotatable bonds is 6. The molecule has 0 bridgehead atoms. The van der Waals surface area contributed by atoms with E-state index in [-0.39, 0.29) is 18.0 Å². The van der Waals surface area contributed by atoms with Gasteiger partial charge in [-0.1, -0.05) is 30.3 Å². The summed E-state index contributed by atoms with van der Waals surface area (Å²) in [6.45, 7) is 0.666. The molecule has 0 aliphatic carbocycles. The second kappa shape index (κ2) is 7.06. The standard InChI is InChI=1S/C18H19NO6S/c1-26(21,22)25-18(13-5-3-2-4-6-13)12-16(20)15-11-14(23-10-9-19)7-8-17(15)24-18/h2-8,11H,9-10,12,19H2,1H3. The first-order valence-electron chi connectivity index (χ1n) is 7.98. The summed E-state index contributed by atoms with van der Waals surface area (Å²) < 4.78 is 40.2. The molecule has 2 aromatic rings. The predicted octanol–water partition coefficient (Wildman–Crippen LogP) is 1.82. The minimum absolute atomic E-state index is 0.230. The molecule has 1 unspecified atom stereocenters. The Balaban J connectivity index is 2.03. The van der Waals surface area contributed by atoms with Crippen LogP contribution in [0.2, 0.25) is 0 Å². The van der Waals surface area contributed by atoms with Gasteiger partial charge in [0.25, 0.3) is 15.9 Å². The van der Waals surface area contributed by atoms with Crippen LogP contribution in [0.5, 0.6) is 11.5 Å². The lowest BCUT2D eigenvalue weighted by Gasteiger charge is -2.36. The Morgan fingerprint density at radius 2 is 1.92 bits per heavy atom. The summed E-state index contributed by atoms with van der Waals surface area (Å²) in [5.41, 5.74) is 6.16. The van der Waals surface area contributed by atoms with Crippen molar-refractivity contribution in [3.05, 3.63) is 59.7 Å². The highest BCUT2D eigenvalue weighted by atomic mass is 32.2. The Labute approximate surface area is 151 Å². The topological polar surface area (TPSA) is 105 Å². The van der Waals surface area contributed by atoms with Gasteiger partial charge in [0, 0.05) is 12.1 Å². The molecule has 2 aromatic carbocycles. The van der Waals surface area contributed by atoms with E-state index in [9.17, 15) is 13.2 Å². The second-order valence-electron chi connectivity index (χ2n) is 5.90. The van der Waals surface area contributed by atoms with Crippen molar-refractivity contribution in [3.63, 3.8) is 0 Å². The highest BCUT2D eigenvalue weighted by molar-refractivity contribution is 7.86. The van der Waals surface area contributed by atoms with Crippen molar-refractivity contribution in [1.29, 1.82) is 0 Å². The van der Waals surface area contributed by atoms with Crippen LogP contribution < -0.4 is 15.2 Å². The lowest BCUT2D eigenvalue weighted by Crippen LogP contribution is -2.43. The summed E-state index contributed by atoms with van der Waals surface area (Å²) in [5, 5.41) is 0. The van der Waals surface area contributed by atoms with E-state index in [1.54, 1.807) is 48.5 Å². The molecule has 2 N–H and O–H groups in total. The highest BCUT2D eigenvalue weighted by Gasteiger charge is 2.46. The first-order chi connectivity index (χ1) is 12.3. The van der Waals surface area contributed by atoms with Crippen LogP contribution in [0.3, 0.4) is 0 Å². The van der Waals surface area contributed by atoms with Gasteiger partial charge in [0.05, 0.1) is 18.2 Å². The largest absolute Gasteiger partial charge is 0.492 e. The predicted molar refractivity (Wildman–Crippen MR) is 94.6 cm³/mol. The van der Waals surface area contributed by atoms with Crippen LogP contribution in [0.4, 0.5) is 0 Å². The number of carbonyl (C=O) groups excluding carboxylic acids is 1. The van der Waals surface area contributed by atoms with E-state index in [1.165, 1.54) is 0 Å². The smallest absolute Gasteiger partial charge is 0.268 e. The van der Waals surface area contributed by atoms with E-state index < -0.39 is 15.9 Å². The molecule has 0 saturated heterocycles. The molecule has 1 aliphatic heterocycles. The van der Waals surface area contributed by atoms with Crippen LogP contribution >= 0.6 is 0 Å². The number of hydrogen-bond acceptors (Lipinski definition) is 7. The molecule has 7 nitrogen and oxygen atoms in total. The van der Waals surface area contributed by atoms with Gasteiger partial charge in [0.1, 0.15) is 18.1 Å². The van der Waals surface area contributed by atoms with Gasteiger partial charge >= 0.3 is 0 Å². The average Bonchev–Trinajstić information content (AvgIpc) is 2.59. The fourth-order valence-electron chi connectivity index (χ4n) is 2.80. The van der Waals surface area contributed by atoms with Crippen molar-refractivity contribution in [2.75, 3.05) is 19.4 Å². The van der Waals surface area contributed by atoms with Crippen molar-refractivity contribution >= 4 is 15.9 Å². The van der Waals surface area contributed by atoms with Crippen LogP contribution in [0.25, 0.3) is 0 Å². The molecular weight excluding hydrogens is 358 g/mol. The molecule has 1 atom stereocenters. The molecule has 0 spiro atoms. The van der Waals surface area contributed by atoms with Crippen molar-refractivity contribution < 1.29 is 26.9 Å². The van der Waals surface area contributed by atoms with Crippen LogP contribution in [0.15, 0.2) is 48.5 Å². The fraction of sp³-hybridized carbons (Fsp3) is 0.278. The summed E-state index contributed by atoms with van der Waals surface area (Å²) in [4.78, 5) is 12.8. The lowest BCUT2D eigenvalue weighted by molar-refractivity contribution is -0.119. The zero-order valence-corrected chi connectivity index (χ0v) is 15.0. The summed E-state index contributed by atoms with van der Waals surface area (Å²) >= 11 is 0. The van der Waals surface area contributed by atoms with Gasteiger partial charge in [0.2, 0.25) is 0 Å². The molecule has 8 heteroatoms. The number of benzene rings is 2. The Bertz CT molecular complexity index is 913. The highest BCUT2D eigenvalue weighted by Crippen LogP contribution is 2.42. The molecule has 1 heterocycles. The van der Waals surface area contributed by atoms with Crippen LogP contribution in [-0.4, -0.2) is 33.6 Å². The zero-order valence-electron chi connectivity index (χ0n) is 14.2. The maximum Gasteiger partial charge on any atom is 0.268 e. The minimum atomic E-state index is -3.89. The van der Waals surface area contributed by atoms with Crippen LogP contribution in [0, 0.1) is 0 Å². The number of Topliss-reactive ketones (excluding diaryl/α,β-unsaturated/α-hetero) is 1. The van der Waals surface area contributed by atoms with E-state index in [4.69, 9.17) is 19.4 Å². The van der Waals surface area contributed by atoms with Gasteiger partial charge in [-0.05, 0) is 18.2 Å². The molecule has 1 aliphatic rings. The van der Waals surface area contributed by atoms with Gasteiger partial charge in [-0.25, -0.2) is 4.18 Å². The van der Waals surface area contributed by atoms with Crippen molar-refractivity contribution in [3.8, 4) is 11.5 Å². The number of hydrogen-bond donors (Lipinski definition) is 1. The van der Waals surface area contributed by atoms with E-state index >= 15 is 0 Å². The molecule has 0 amide bonds. The van der Waals surface area contributed by atoms with Gasteiger partial charge < -0.3 is 15.2 Å². The average molecular weight is 377 g/mol. The molecule has 0 saturated carbocycles. The monoisotopic (exact) mass is 377 g/mol. The maximum absolute atomic E-state index is 12.8. The number of carbonyl (C=O) groups is 1. The first kappa shape index (κ1) is 18.4. The van der Waals surface area contributed by atoms with Gasteiger partial charge in [0.15, 0.2) is 5.78 Å². The third-order valence-electron chi connectivity index (χ3n) is 3.81. The molecule has 0 fully saturated rings. The molecular formula is C18H19NO6S. The quantitative estimate of drug-likeness (QED) is 0.766. The van der Waals surface area contributed by atoms with Gasteiger partial charge in [-0.3, -0.25) is 4.79 Å². The fourth-order valence-corrected chi connectivity index (χ4v) is 3.47. The van der Waals surface area contributed by atoms with Crippen molar-refractivity contribution in [1.82, 2.24) is 0 Å². The van der Waals surface area contributed by atoms with Gasteiger partial charge in [-0.2, -0.15) is 8.42 Å². The Morgan fingerprint density at radius 1 is 1.19 bits per heavy atom. The number of ketones is 1. The summed E-state index contributed by atoms with van der Waals surface area (Å²) in [6, 6.07) is 13.3. The van der Waals surface area contributed by atoms with E-state index in [0.717, 1.165) is 6.26 Å². The van der Waals surface area contributed by atoms with Crippen LogP contribution in [-0.2, 0) is 20.1 Å². The van der Waals surface area contributed by atoms with Gasteiger partial charge in [-0.15, -0.1) is 0 Å². The van der Waals surface area contributed by atoms with Crippen molar-refractivity contribution in [2.24, 2.45) is 5.73 Å². The van der Waals surface area contributed by atoms with E-state index in [2.05, 4.69) is 0 Å². The Morgan fingerprint density at radius 3 is 2.58 bits per heavy atom. The molecule has 0 aromatic heterocycles. The summed E-state index contributed by atoms with van der Waals surface area (Å²) in [6.07, 6.45) is 0.641. The number of ether oxygens (including phenoxy) is 2. The SMILES string of the molecule is CS(=O)(=O)OC1(c2ccccc2)CC(=O)c2cc(OCCN)ccc2O1. The van der Waals surface area contributed by atoms with E-state index in [1.807, 2.05) is 0 Å². The molecule has 0 radical (unpaired) electrons. The molecule has 3 rings (SSSR count). The molecule has 26 heavy (non-hydrogen) atoms. The third kappa shape index (κ3) is 3.87. The van der Waals surface area contributed by atoms with Crippen molar-refractivity contribution in [2.45, 2.75) is 12.2 Å². The molecule has 138 valence electrons. The zero-order chi connectivity index (χ0) is 18.8. The number of nitrogens with two attached hydrogens (primary N) is 1. The third-order valence-corrected chi connectivity index (χ3v) is 4.38. The minimum Gasteiger partial charge on any atom is -0.492 e.